The summed E-state index contributed by atoms with van der Waals surface area (Å²) in [5.74, 6) is 0. The van der Waals surface area contributed by atoms with Crippen molar-refractivity contribution in [3.05, 3.63) is 0 Å². The molecule has 2 aliphatic rings. The first-order valence-corrected chi connectivity index (χ1v) is 7.52. The molecule has 2 saturated heterocycles. The topological polar surface area (TPSA) is 86.6 Å². The lowest BCUT2D eigenvalue weighted by Crippen LogP contribution is -2.11. The standard InChI is InChI=1S/C8H18O5.2C3H6O/c9-1-3-11-5-7-13-8-6-12-4-2-10;2*1-2-4-3-1/h9-10H,1-8H2;2*1-3H2. The molecule has 2 fully saturated rings. The molecule has 0 bridgehead atoms. The van der Waals surface area contributed by atoms with Gasteiger partial charge in [-0.2, -0.15) is 0 Å². The van der Waals surface area contributed by atoms with Crippen LogP contribution < -0.4 is 0 Å². The molecule has 21 heavy (non-hydrogen) atoms. The van der Waals surface area contributed by atoms with Gasteiger partial charge in [0.2, 0.25) is 0 Å². The van der Waals surface area contributed by atoms with Gasteiger partial charge in [-0.3, -0.25) is 0 Å². The molecule has 0 spiro atoms. The maximum Gasteiger partial charge on any atom is 0.0701 e. The van der Waals surface area contributed by atoms with Gasteiger partial charge in [0.15, 0.2) is 0 Å². The minimum Gasteiger partial charge on any atom is -0.394 e. The fraction of sp³-hybridized carbons (Fsp3) is 1.00. The third-order valence-corrected chi connectivity index (χ3v) is 2.37. The van der Waals surface area contributed by atoms with E-state index in [9.17, 15) is 0 Å². The van der Waals surface area contributed by atoms with Gasteiger partial charge in [0, 0.05) is 26.4 Å². The third-order valence-electron chi connectivity index (χ3n) is 2.37. The van der Waals surface area contributed by atoms with Crippen LogP contribution in [0, 0.1) is 0 Å². The average Bonchev–Trinajstić information content (AvgIpc) is 2.33. The highest BCUT2D eigenvalue weighted by molar-refractivity contribution is 4.41. The van der Waals surface area contributed by atoms with Crippen molar-refractivity contribution in [2.45, 2.75) is 12.8 Å². The first-order valence-electron chi connectivity index (χ1n) is 7.52. The summed E-state index contributed by atoms with van der Waals surface area (Å²) in [6.45, 7) is 6.76. The molecule has 0 aliphatic carbocycles. The second-order valence-corrected chi connectivity index (χ2v) is 4.22. The van der Waals surface area contributed by atoms with Crippen LogP contribution in [0.25, 0.3) is 0 Å². The minimum absolute atomic E-state index is 0.0413. The van der Waals surface area contributed by atoms with Crippen molar-refractivity contribution in [1.82, 2.24) is 0 Å². The van der Waals surface area contributed by atoms with Gasteiger partial charge in [-0.1, -0.05) is 0 Å². The second kappa shape index (κ2) is 19.7. The van der Waals surface area contributed by atoms with Gasteiger partial charge >= 0.3 is 0 Å². The molecule has 7 nitrogen and oxygen atoms in total. The molecule has 128 valence electrons. The SMILES string of the molecule is C1COC1.C1COC1.OCCOCCOCCOCCO. The number of aliphatic hydroxyl groups is 2. The van der Waals surface area contributed by atoms with Gasteiger partial charge in [-0.15, -0.1) is 0 Å². The van der Waals surface area contributed by atoms with Crippen molar-refractivity contribution in [2.24, 2.45) is 0 Å². The Kier molecular flexibility index (Phi) is 19.5. The Morgan fingerprint density at radius 1 is 0.571 bits per heavy atom. The van der Waals surface area contributed by atoms with Crippen LogP contribution in [0.1, 0.15) is 12.8 Å². The zero-order chi connectivity index (χ0) is 15.4. The van der Waals surface area contributed by atoms with Crippen LogP contribution in [0.3, 0.4) is 0 Å². The molecule has 0 aromatic rings. The van der Waals surface area contributed by atoms with E-state index in [1.54, 1.807) is 0 Å². The van der Waals surface area contributed by atoms with Crippen LogP contribution in [0.15, 0.2) is 0 Å². The van der Waals surface area contributed by atoms with E-state index in [4.69, 9.17) is 33.9 Å². The third kappa shape index (κ3) is 19.7. The van der Waals surface area contributed by atoms with E-state index in [1.165, 1.54) is 12.8 Å². The summed E-state index contributed by atoms with van der Waals surface area (Å²) in [6.07, 6.45) is 2.56. The molecule has 2 aliphatic heterocycles. The van der Waals surface area contributed by atoms with E-state index in [2.05, 4.69) is 0 Å². The zero-order valence-electron chi connectivity index (χ0n) is 12.8. The molecule has 2 rings (SSSR count). The largest absolute Gasteiger partial charge is 0.394 e. The van der Waals surface area contributed by atoms with E-state index < -0.39 is 0 Å². The van der Waals surface area contributed by atoms with E-state index >= 15 is 0 Å². The van der Waals surface area contributed by atoms with Crippen LogP contribution in [0.5, 0.6) is 0 Å². The van der Waals surface area contributed by atoms with Crippen molar-refractivity contribution in [3.63, 3.8) is 0 Å². The van der Waals surface area contributed by atoms with Gasteiger partial charge in [0.1, 0.15) is 0 Å². The highest BCUT2D eigenvalue weighted by Crippen LogP contribution is 1.93. The Labute approximate surface area is 127 Å². The number of hydrogen-bond donors (Lipinski definition) is 2. The lowest BCUT2D eigenvalue weighted by Gasteiger charge is -2.09. The Morgan fingerprint density at radius 3 is 1.00 bits per heavy atom. The maximum atomic E-state index is 8.36. The molecular weight excluding hydrogens is 280 g/mol. The molecule has 2 heterocycles. The number of rotatable bonds is 10. The monoisotopic (exact) mass is 310 g/mol. The first kappa shape index (κ1) is 20.7. The minimum atomic E-state index is 0.0413. The average molecular weight is 310 g/mol. The molecule has 0 saturated carbocycles. The highest BCUT2D eigenvalue weighted by atomic mass is 16.5. The van der Waals surface area contributed by atoms with Gasteiger partial charge < -0.3 is 33.9 Å². The van der Waals surface area contributed by atoms with Gasteiger partial charge in [-0.25, -0.2) is 0 Å². The van der Waals surface area contributed by atoms with E-state index in [-0.39, 0.29) is 13.2 Å². The molecule has 0 aromatic heterocycles. The Balaban J connectivity index is 0.000000394. The highest BCUT2D eigenvalue weighted by Gasteiger charge is 1.95. The summed E-state index contributed by atoms with van der Waals surface area (Å²) in [5.41, 5.74) is 0. The first-order chi connectivity index (χ1) is 10.4. The van der Waals surface area contributed by atoms with Crippen molar-refractivity contribution < 1.29 is 33.9 Å². The fourth-order valence-corrected chi connectivity index (χ4v) is 0.960. The lowest BCUT2D eigenvalue weighted by atomic mass is 10.4. The van der Waals surface area contributed by atoms with Crippen molar-refractivity contribution in [1.29, 1.82) is 0 Å². The summed E-state index contributed by atoms with van der Waals surface area (Å²) >= 11 is 0. The van der Waals surface area contributed by atoms with E-state index in [0.29, 0.717) is 39.6 Å². The Morgan fingerprint density at radius 2 is 0.810 bits per heavy atom. The van der Waals surface area contributed by atoms with Crippen molar-refractivity contribution in [2.75, 3.05) is 79.3 Å². The van der Waals surface area contributed by atoms with Crippen LogP contribution in [0.2, 0.25) is 0 Å². The van der Waals surface area contributed by atoms with Crippen LogP contribution in [-0.4, -0.2) is 89.5 Å². The van der Waals surface area contributed by atoms with E-state index in [1.807, 2.05) is 0 Å². The molecule has 2 N–H and O–H groups in total. The van der Waals surface area contributed by atoms with E-state index in [0.717, 1.165) is 26.4 Å². The summed E-state index contributed by atoms with van der Waals surface area (Å²) in [5, 5.41) is 16.7. The molecule has 0 radical (unpaired) electrons. The Hall–Kier alpha value is -0.280. The van der Waals surface area contributed by atoms with Crippen molar-refractivity contribution >= 4 is 0 Å². The van der Waals surface area contributed by atoms with Gasteiger partial charge in [0.25, 0.3) is 0 Å². The molecule has 0 atom stereocenters. The maximum absolute atomic E-state index is 8.36. The summed E-state index contributed by atoms with van der Waals surface area (Å²) in [4.78, 5) is 0. The second-order valence-electron chi connectivity index (χ2n) is 4.22. The van der Waals surface area contributed by atoms with Crippen LogP contribution in [0.4, 0.5) is 0 Å². The molecule has 0 unspecified atom stereocenters. The quantitative estimate of drug-likeness (QED) is 0.542. The summed E-state index contributed by atoms with van der Waals surface area (Å²) in [7, 11) is 0. The number of hydrogen-bond acceptors (Lipinski definition) is 7. The number of aliphatic hydroxyl groups excluding tert-OH is 2. The zero-order valence-corrected chi connectivity index (χ0v) is 12.8. The predicted octanol–water partition coefficient (Wildman–Crippen LogP) is -0.166. The Bertz CT molecular complexity index is 147. The van der Waals surface area contributed by atoms with Gasteiger partial charge in [0.05, 0.1) is 52.9 Å². The number of ether oxygens (including phenoxy) is 5. The summed E-state index contributed by atoms with van der Waals surface area (Å²) < 4.78 is 24.5. The molecular formula is C14H30O7. The van der Waals surface area contributed by atoms with Crippen LogP contribution >= 0.6 is 0 Å². The molecule has 7 heteroatoms. The van der Waals surface area contributed by atoms with Crippen LogP contribution in [-0.2, 0) is 23.7 Å². The van der Waals surface area contributed by atoms with Crippen molar-refractivity contribution in [3.8, 4) is 0 Å². The predicted molar refractivity (Wildman–Crippen MR) is 77.5 cm³/mol. The molecule has 0 amide bonds. The lowest BCUT2D eigenvalue weighted by molar-refractivity contribution is 0.00230. The summed E-state index contributed by atoms with van der Waals surface area (Å²) in [6, 6.07) is 0. The smallest absolute Gasteiger partial charge is 0.0701 e. The fourth-order valence-electron chi connectivity index (χ4n) is 0.960. The normalized spacial score (nSPS) is 15.7. The molecule has 0 aromatic carbocycles. The van der Waals surface area contributed by atoms with Gasteiger partial charge in [-0.05, 0) is 12.8 Å².